The van der Waals surface area contributed by atoms with Gasteiger partial charge in [-0.1, -0.05) is 100 Å². The van der Waals surface area contributed by atoms with Crippen LogP contribution in [-0.2, 0) is 5.41 Å². The Morgan fingerprint density at radius 2 is 0.907 bits per heavy atom. The van der Waals surface area contributed by atoms with Gasteiger partial charge in [0.2, 0.25) is 0 Å². The SMILES string of the molecule is CCCCC1(CCCC)c2cc(/C=C/c3ccc([N+](=O)[O-])cc3)ccc2-c2ccc(/C=C/c3ccc([N+](=O)[O-])cc3)cc21. The molecule has 4 aromatic rings. The number of rotatable bonds is 12. The van der Waals surface area contributed by atoms with E-state index >= 15 is 0 Å². The molecule has 0 radical (unpaired) electrons. The monoisotopic (exact) mass is 572 g/mol. The van der Waals surface area contributed by atoms with Gasteiger partial charge in [-0.25, -0.2) is 0 Å². The first-order valence-electron chi connectivity index (χ1n) is 15.0. The molecule has 0 aromatic heterocycles. The van der Waals surface area contributed by atoms with E-state index < -0.39 is 0 Å². The summed E-state index contributed by atoms with van der Waals surface area (Å²) in [6.07, 6.45) is 14.9. The van der Waals surface area contributed by atoms with E-state index in [9.17, 15) is 20.2 Å². The number of hydrogen-bond acceptors (Lipinski definition) is 4. The number of nitro benzene ring substituents is 2. The van der Waals surface area contributed by atoms with Gasteiger partial charge in [-0.15, -0.1) is 0 Å². The number of unbranched alkanes of at least 4 members (excludes halogenated alkanes) is 2. The maximum absolute atomic E-state index is 11.0. The fraction of sp³-hybridized carbons (Fsp3) is 0.243. The number of hydrogen-bond donors (Lipinski definition) is 0. The van der Waals surface area contributed by atoms with Crippen LogP contribution in [0.4, 0.5) is 11.4 Å². The second-order valence-corrected chi connectivity index (χ2v) is 11.3. The highest BCUT2D eigenvalue weighted by Crippen LogP contribution is 2.54. The molecule has 0 fully saturated rings. The lowest BCUT2D eigenvalue weighted by Crippen LogP contribution is -2.25. The molecule has 0 spiro atoms. The van der Waals surface area contributed by atoms with Crippen LogP contribution in [0.2, 0.25) is 0 Å². The van der Waals surface area contributed by atoms with Crippen LogP contribution >= 0.6 is 0 Å². The molecular formula is C37H36N2O4. The molecule has 5 rings (SSSR count). The van der Waals surface area contributed by atoms with Gasteiger partial charge in [0.1, 0.15) is 0 Å². The molecular weight excluding hydrogens is 536 g/mol. The van der Waals surface area contributed by atoms with Gasteiger partial charge in [0, 0.05) is 29.7 Å². The summed E-state index contributed by atoms with van der Waals surface area (Å²) in [5.74, 6) is 0. The number of benzene rings is 4. The number of nitro groups is 2. The summed E-state index contributed by atoms with van der Waals surface area (Å²) in [6, 6.07) is 26.7. The zero-order valence-electron chi connectivity index (χ0n) is 24.7. The van der Waals surface area contributed by atoms with Crippen molar-refractivity contribution in [1.29, 1.82) is 0 Å². The van der Waals surface area contributed by atoms with Gasteiger partial charge in [-0.3, -0.25) is 20.2 Å². The molecule has 0 N–H and O–H groups in total. The van der Waals surface area contributed by atoms with Crippen molar-refractivity contribution in [2.24, 2.45) is 0 Å². The van der Waals surface area contributed by atoms with Crippen LogP contribution in [-0.4, -0.2) is 9.85 Å². The highest BCUT2D eigenvalue weighted by molar-refractivity contribution is 5.85. The summed E-state index contributed by atoms with van der Waals surface area (Å²) in [7, 11) is 0. The van der Waals surface area contributed by atoms with Crippen molar-refractivity contribution in [3.63, 3.8) is 0 Å². The molecule has 43 heavy (non-hydrogen) atoms. The Balaban J connectivity index is 1.52. The lowest BCUT2D eigenvalue weighted by atomic mass is 9.70. The van der Waals surface area contributed by atoms with Crippen molar-refractivity contribution in [3.05, 3.63) is 139 Å². The van der Waals surface area contributed by atoms with Crippen LogP contribution in [0.15, 0.2) is 84.9 Å². The summed E-state index contributed by atoms with van der Waals surface area (Å²) in [5, 5.41) is 22.0. The molecule has 0 amide bonds. The zero-order chi connectivity index (χ0) is 30.4. The van der Waals surface area contributed by atoms with E-state index in [-0.39, 0.29) is 26.6 Å². The third-order valence-electron chi connectivity index (χ3n) is 8.47. The normalized spacial score (nSPS) is 13.3. The van der Waals surface area contributed by atoms with Crippen molar-refractivity contribution >= 4 is 35.7 Å². The van der Waals surface area contributed by atoms with Gasteiger partial charge < -0.3 is 0 Å². The largest absolute Gasteiger partial charge is 0.269 e. The smallest absolute Gasteiger partial charge is 0.258 e. The van der Waals surface area contributed by atoms with Crippen molar-refractivity contribution in [3.8, 4) is 11.1 Å². The Hall–Kier alpha value is -4.84. The van der Waals surface area contributed by atoms with Crippen LogP contribution in [0.25, 0.3) is 35.4 Å². The zero-order valence-corrected chi connectivity index (χ0v) is 24.7. The maximum Gasteiger partial charge on any atom is 0.269 e. The lowest BCUT2D eigenvalue weighted by molar-refractivity contribution is -0.385. The summed E-state index contributed by atoms with van der Waals surface area (Å²) < 4.78 is 0. The molecule has 1 aliphatic carbocycles. The molecule has 4 aromatic carbocycles. The van der Waals surface area contributed by atoms with Gasteiger partial charge in [0.15, 0.2) is 0 Å². The number of fused-ring (bicyclic) bond motifs is 3. The molecule has 0 bridgehead atoms. The Bertz CT molecular complexity index is 1560. The summed E-state index contributed by atoms with van der Waals surface area (Å²) >= 11 is 0. The van der Waals surface area contributed by atoms with Gasteiger partial charge in [0.25, 0.3) is 11.4 Å². The van der Waals surface area contributed by atoms with E-state index in [0.717, 1.165) is 60.8 Å². The van der Waals surface area contributed by atoms with E-state index in [1.54, 1.807) is 24.3 Å². The van der Waals surface area contributed by atoms with Crippen LogP contribution in [0, 0.1) is 20.2 Å². The molecule has 218 valence electrons. The fourth-order valence-electron chi connectivity index (χ4n) is 6.16. The quantitative estimate of drug-likeness (QED) is 0.0960. The molecule has 0 saturated carbocycles. The van der Waals surface area contributed by atoms with E-state index in [4.69, 9.17) is 0 Å². The van der Waals surface area contributed by atoms with Gasteiger partial charge in [0.05, 0.1) is 9.85 Å². The molecule has 6 heteroatoms. The molecule has 0 aliphatic heterocycles. The first-order chi connectivity index (χ1) is 20.8. The Kier molecular flexibility index (Phi) is 8.96. The Morgan fingerprint density at radius 1 is 0.558 bits per heavy atom. The van der Waals surface area contributed by atoms with Crippen molar-refractivity contribution in [1.82, 2.24) is 0 Å². The minimum atomic E-state index is -0.380. The molecule has 0 heterocycles. The summed E-state index contributed by atoms with van der Waals surface area (Å²) in [4.78, 5) is 21.3. The van der Waals surface area contributed by atoms with E-state index in [0.29, 0.717) is 0 Å². The van der Waals surface area contributed by atoms with Crippen LogP contribution in [0.5, 0.6) is 0 Å². The first-order valence-corrected chi connectivity index (χ1v) is 15.0. The van der Waals surface area contributed by atoms with Crippen molar-refractivity contribution < 1.29 is 9.85 Å². The van der Waals surface area contributed by atoms with Gasteiger partial charge in [-0.05, 0) is 81.6 Å². The molecule has 6 nitrogen and oxygen atoms in total. The molecule has 0 atom stereocenters. The van der Waals surface area contributed by atoms with Crippen LogP contribution in [0.3, 0.4) is 0 Å². The predicted molar refractivity (Wildman–Crippen MR) is 176 cm³/mol. The molecule has 1 aliphatic rings. The second kappa shape index (κ2) is 13.0. The van der Waals surface area contributed by atoms with Crippen molar-refractivity contribution in [2.45, 2.75) is 57.8 Å². The fourth-order valence-corrected chi connectivity index (χ4v) is 6.16. The predicted octanol–water partition coefficient (Wildman–Crippen LogP) is 10.5. The number of non-ortho nitro benzene ring substituents is 2. The second-order valence-electron chi connectivity index (χ2n) is 11.3. The molecule has 0 unspecified atom stereocenters. The summed E-state index contributed by atoms with van der Waals surface area (Å²) in [5.41, 5.74) is 9.51. The van der Waals surface area contributed by atoms with E-state index in [1.807, 2.05) is 12.2 Å². The van der Waals surface area contributed by atoms with Crippen LogP contribution < -0.4 is 0 Å². The highest BCUT2D eigenvalue weighted by atomic mass is 16.6. The van der Waals surface area contributed by atoms with Crippen LogP contribution in [0.1, 0.15) is 85.8 Å². The third kappa shape index (κ3) is 6.33. The van der Waals surface area contributed by atoms with E-state index in [2.05, 4.69) is 62.4 Å². The standard InChI is InChI=1S/C37H36N2O4/c1-3-5-23-37(24-6-4-2)35-25-29(9-7-27-11-17-31(18-12-27)38(40)41)15-21-33(35)34-22-16-30(26-36(34)37)10-8-28-13-19-32(20-14-28)39(42)43/h7-22,25-26H,3-6,23-24H2,1-2H3/b9-7+,10-8+. The minimum absolute atomic E-state index is 0.0783. The van der Waals surface area contributed by atoms with Crippen molar-refractivity contribution in [2.75, 3.05) is 0 Å². The van der Waals surface area contributed by atoms with Gasteiger partial charge in [-0.2, -0.15) is 0 Å². The third-order valence-corrected chi connectivity index (χ3v) is 8.47. The average Bonchev–Trinajstić information content (AvgIpc) is 3.29. The first kappa shape index (κ1) is 29.6. The molecule has 0 saturated heterocycles. The highest BCUT2D eigenvalue weighted by Gasteiger charge is 2.42. The van der Waals surface area contributed by atoms with Gasteiger partial charge >= 0.3 is 0 Å². The minimum Gasteiger partial charge on any atom is -0.258 e. The Morgan fingerprint density at radius 3 is 1.26 bits per heavy atom. The lowest BCUT2D eigenvalue weighted by Gasteiger charge is -2.33. The maximum atomic E-state index is 11.0. The number of nitrogens with zero attached hydrogens (tertiary/aromatic N) is 2. The van der Waals surface area contributed by atoms with E-state index in [1.165, 1.54) is 46.5 Å². The summed E-state index contributed by atoms with van der Waals surface area (Å²) in [6.45, 7) is 4.49. The average molecular weight is 573 g/mol. The Labute approximate surface area is 252 Å². The topological polar surface area (TPSA) is 86.3 Å².